The van der Waals surface area contributed by atoms with Crippen molar-refractivity contribution in [2.75, 3.05) is 24.6 Å². The summed E-state index contributed by atoms with van der Waals surface area (Å²) >= 11 is 11.3. The van der Waals surface area contributed by atoms with E-state index >= 15 is 4.39 Å². The Morgan fingerprint density at radius 3 is 2.27 bits per heavy atom. The lowest BCUT2D eigenvalue weighted by Crippen LogP contribution is -2.62. The molecule has 2 aromatic rings. The number of carbonyl (C=O) groups is 1. The van der Waals surface area contributed by atoms with Crippen LogP contribution >= 0.6 is 33.8 Å². The summed E-state index contributed by atoms with van der Waals surface area (Å²) in [4.78, 5) is 22.3. The molecule has 5 rings (SSSR count). The highest BCUT2D eigenvalue weighted by Crippen LogP contribution is 2.54. The van der Waals surface area contributed by atoms with Crippen molar-refractivity contribution in [2.45, 2.75) is 30.0 Å². The van der Waals surface area contributed by atoms with Gasteiger partial charge in [0.05, 0.1) is 63.9 Å². The van der Waals surface area contributed by atoms with Crippen LogP contribution < -0.4 is 0 Å². The molecule has 218 valence electrons. The van der Waals surface area contributed by atoms with Gasteiger partial charge in [0.15, 0.2) is 5.67 Å². The Labute approximate surface area is 233 Å². The van der Waals surface area contributed by atoms with Gasteiger partial charge in [0.25, 0.3) is 5.60 Å². The number of halogens is 9. The number of amides is 1. The van der Waals surface area contributed by atoms with E-state index in [-0.39, 0.29) is 47.6 Å². The number of aromatic nitrogens is 1. The second-order valence-corrected chi connectivity index (χ2v) is 12.9. The van der Waals surface area contributed by atoms with Crippen LogP contribution in [-0.4, -0.2) is 61.4 Å². The molecule has 1 aromatic heterocycles. The first-order valence-electron chi connectivity index (χ1n) is 11.4. The molecular formula is C23H18Cl2F7N3O4S. The molecule has 17 heteroatoms. The number of hydrogen-bond donors (Lipinski definition) is 2. The van der Waals surface area contributed by atoms with Crippen molar-refractivity contribution in [3.8, 4) is 0 Å². The van der Waals surface area contributed by atoms with Crippen LogP contribution in [0.2, 0.25) is 10.0 Å². The first kappa shape index (κ1) is 29.2. The van der Waals surface area contributed by atoms with Gasteiger partial charge in [-0.05, 0) is 24.3 Å². The van der Waals surface area contributed by atoms with Crippen LogP contribution in [-0.2, 0) is 27.1 Å². The van der Waals surface area contributed by atoms with E-state index in [1.807, 2.05) is 0 Å². The number of nitrogens with zero attached hydrogens (tertiary/aromatic N) is 3. The van der Waals surface area contributed by atoms with Crippen molar-refractivity contribution in [1.29, 1.82) is 0 Å². The van der Waals surface area contributed by atoms with Gasteiger partial charge in [-0.25, -0.2) is 4.39 Å². The summed E-state index contributed by atoms with van der Waals surface area (Å²) in [6, 6.07) is 3.28. The Balaban J connectivity index is 1.34. The second-order valence-electron chi connectivity index (χ2n) is 9.87. The van der Waals surface area contributed by atoms with Crippen LogP contribution in [0.25, 0.3) is 0 Å². The zero-order valence-corrected chi connectivity index (χ0v) is 22.2. The maximum Gasteiger partial charge on any atom is 0.435 e. The van der Waals surface area contributed by atoms with E-state index in [9.17, 15) is 40.2 Å². The van der Waals surface area contributed by atoms with E-state index < -0.39 is 73.6 Å². The van der Waals surface area contributed by atoms with Crippen LogP contribution in [0.3, 0.4) is 0 Å². The summed E-state index contributed by atoms with van der Waals surface area (Å²) in [5.74, 6) is -1.15. The third-order valence-corrected chi connectivity index (χ3v) is 9.70. The minimum atomic E-state index is -5.23. The molecule has 0 saturated carbocycles. The minimum absolute atomic E-state index is 0.00140. The number of hydrogen-bond acceptors (Lipinski definition) is 6. The van der Waals surface area contributed by atoms with Gasteiger partial charge in [-0.15, -0.1) is 0 Å². The Bertz CT molecular complexity index is 1390. The summed E-state index contributed by atoms with van der Waals surface area (Å²) in [6.45, 7) is -0.679. The van der Waals surface area contributed by atoms with Crippen molar-refractivity contribution in [2.24, 2.45) is 11.1 Å². The van der Waals surface area contributed by atoms with Gasteiger partial charge in [0, 0.05) is 17.3 Å². The Morgan fingerprint density at radius 1 is 1.10 bits per heavy atom. The van der Waals surface area contributed by atoms with Gasteiger partial charge in [0.1, 0.15) is 0 Å². The number of oxime groups is 1. The molecule has 4 heterocycles. The standard InChI is InChI=1S/C23H18Cl2F7N3O4S/c24-15-4-13(3-14(18(15)25)22(27,28)29)21(23(30,31)32)5-16(34-39-21)11-1-2-17(33-6-11)20(26)9-35(10-20)19(36)12-7-40(37,38)8-12/h1-4,6,12,37-38H,5,7-10H2. The topological polar surface area (TPSA) is 95.2 Å². The highest BCUT2D eigenvalue weighted by atomic mass is 35.5. The third kappa shape index (κ3) is 4.89. The number of benzene rings is 1. The summed E-state index contributed by atoms with van der Waals surface area (Å²) in [5.41, 5.74) is -8.28. The van der Waals surface area contributed by atoms with Crippen molar-refractivity contribution in [1.82, 2.24) is 9.88 Å². The summed E-state index contributed by atoms with van der Waals surface area (Å²) in [7, 11) is -2.74. The van der Waals surface area contributed by atoms with Crippen LogP contribution in [0.4, 0.5) is 30.7 Å². The molecule has 3 aliphatic rings. The van der Waals surface area contributed by atoms with Crippen molar-refractivity contribution in [3.05, 3.63) is 62.9 Å². The number of likely N-dealkylation sites (tertiary alicyclic amines) is 1. The van der Waals surface area contributed by atoms with E-state index in [4.69, 9.17) is 28.0 Å². The normalized spacial score (nSPS) is 25.0. The fraction of sp³-hybridized carbons (Fsp3) is 0.435. The van der Waals surface area contributed by atoms with E-state index in [0.717, 1.165) is 6.20 Å². The van der Waals surface area contributed by atoms with E-state index in [0.29, 0.717) is 6.07 Å². The fourth-order valence-electron chi connectivity index (χ4n) is 4.79. The number of pyridine rings is 1. The zero-order valence-electron chi connectivity index (χ0n) is 19.9. The molecule has 3 aliphatic heterocycles. The molecule has 2 saturated heterocycles. The van der Waals surface area contributed by atoms with E-state index in [1.165, 1.54) is 17.0 Å². The molecule has 0 bridgehead atoms. The predicted molar refractivity (Wildman–Crippen MR) is 131 cm³/mol. The first-order chi connectivity index (χ1) is 18.4. The van der Waals surface area contributed by atoms with Gasteiger partial charge in [-0.2, -0.15) is 36.9 Å². The van der Waals surface area contributed by atoms with Crippen LogP contribution in [0, 0.1) is 5.92 Å². The maximum atomic E-state index is 15.3. The molecule has 0 spiro atoms. The molecule has 40 heavy (non-hydrogen) atoms. The van der Waals surface area contributed by atoms with E-state index in [2.05, 4.69) is 10.1 Å². The van der Waals surface area contributed by atoms with Crippen molar-refractivity contribution < 1.29 is 49.5 Å². The molecule has 1 amide bonds. The fourth-order valence-corrected chi connectivity index (χ4v) is 6.70. The van der Waals surface area contributed by atoms with Gasteiger partial charge >= 0.3 is 12.4 Å². The average Bonchev–Trinajstić information content (AvgIpc) is 3.28. The summed E-state index contributed by atoms with van der Waals surface area (Å²) in [5, 5.41) is 1.75. The Hall–Kier alpha value is -2.33. The molecule has 0 aliphatic carbocycles. The molecule has 7 nitrogen and oxygen atoms in total. The number of rotatable bonds is 4. The van der Waals surface area contributed by atoms with E-state index in [1.54, 1.807) is 0 Å². The SMILES string of the molecule is O=C(C1CS(O)(O)C1)N1CC(F)(c2ccc(C3=NOC(c4cc(Cl)c(Cl)c(C(F)(F)F)c4)(C(F)(F)F)C3)cn2)C1. The lowest BCUT2D eigenvalue weighted by Gasteiger charge is -2.51. The molecule has 1 unspecified atom stereocenters. The maximum absolute atomic E-state index is 15.3. The minimum Gasteiger partial charge on any atom is -0.374 e. The molecular weight excluding hydrogens is 618 g/mol. The molecule has 2 fully saturated rings. The smallest absolute Gasteiger partial charge is 0.374 e. The van der Waals surface area contributed by atoms with Crippen molar-refractivity contribution in [3.63, 3.8) is 0 Å². The summed E-state index contributed by atoms with van der Waals surface area (Å²) < 4.78 is 117. The largest absolute Gasteiger partial charge is 0.435 e. The highest BCUT2D eigenvalue weighted by Gasteiger charge is 2.63. The Morgan fingerprint density at radius 2 is 1.75 bits per heavy atom. The number of alkyl halides is 7. The predicted octanol–water partition coefficient (Wildman–Crippen LogP) is 6.38. The number of carbonyl (C=O) groups excluding carboxylic acids is 1. The second kappa shape index (κ2) is 9.34. The van der Waals surface area contributed by atoms with Crippen molar-refractivity contribution >= 4 is 45.4 Å². The van der Waals surface area contributed by atoms with Gasteiger partial charge in [0.2, 0.25) is 5.91 Å². The monoisotopic (exact) mass is 635 g/mol. The first-order valence-corrected chi connectivity index (χ1v) is 14.1. The van der Waals surface area contributed by atoms with Crippen LogP contribution in [0.1, 0.15) is 28.8 Å². The van der Waals surface area contributed by atoms with Crippen LogP contribution in [0.5, 0.6) is 0 Å². The molecule has 2 N–H and O–H groups in total. The average molecular weight is 636 g/mol. The third-order valence-electron chi connectivity index (χ3n) is 7.02. The Kier molecular flexibility index (Phi) is 6.81. The zero-order chi connectivity index (χ0) is 29.5. The molecule has 1 aromatic carbocycles. The molecule has 0 radical (unpaired) electrons. The lowest BCUT2D eigenvalue weighted by molar-refractivity contribution is -0.276. The summed E-state index contributed by atoms with van der Waals surface area (Å²) in [6.07, 6.45) is -10.3. The van der Waals surface area contributed by atoms with Crippen LogP contribution in [0.15, 0.2) is 35.6 Å². The highest BCUT2D eigenvalue weighted by molar-refractivity contribution is 8.25. The quantitative estimate of drug-likeness (QED) is 0.380. The van der Waals surface area contributed by atoms with Gasteiger partial charge in [-0.3, -0.25) is 18.9 Å². The molecule has 1 atom stereocenters. The van der Waals surface area contributed by atoms with Gasteiger partial charge in [-0.1, -0.05) is 28.4 Å². The van der Waals surface area contributed by atoms with Gasteiger partial charge < -0.3 is 9.74 Å². The lowest BCUT2D eigenvalue weighted by atomic mass is 9.85.